The molecule has 1 aromatic rings. The SMILES string of the molecule is CCNC(C(=O)OCC)c1cnn(CC)c1. The van der Waals surface area contributed by atoms with Crippen LogP contribution < -0.4 is 5.32 Å². The van der Waals surface area contributed by atoms with Crippen LogP contribution in [0.5, 0.6) is 0 Å². The average Bonchev–Trinajstić information content (AvgIpc) is 2.74. The van der Waals surface area contributed by atoms with E-state index in [2.05, 4.69) is 10.4 Å². The Morgan fingerprint density at radius 2 is 2.31 bits per heavy atom. The minimum absolute atomic E-state index is 0.250. The summed E-state index contributed by atoms with van der Waals surface area (Å²) in [6.45, 7) is 7.65. The van der Waals surface area contributed by atoms with Crippen molar-refractivity contribution in [1.82, 2.24) is 15.1 Å². The molecule has 5 nitrogen and oxygen atoms in total. The van der Waals surface area contributed by atoms with Crippen LogP contribution >= 0.6 is 0 Å². The van der Waals surface area contributed by atoms with Crippen LogP contribution in [0.2, 0.25) is 0 Å². The Hall–Kier alpha value is -1.36. The van der Waals surface area contributed by atoms with E-state index in [4.69, 9.17) is 4.74 Å². The molecule has 0 aliphatic carbocycles. The van der Waals surface area contributed by atoms with Gasteiger partial charge in [0.05, 0.1) is 12.8 Å². The van der Waals surface area contributed by atoms with Crippen LogP contribution in [0.3, 0.4) is 0 Å². The van der Waals surface area contributed by atoms with Crippen LogP contribution in [0.15, 0.2) is 12.4 Å². The van der Waals surface area contributed by atoms with Gasteiger partial charge in [0, 0.05) is 18.3 Å². The average molecular weight is 225 g/mol. The fourth-order valence-corrected chi connectivity index (χ4v) is 1.47. The molecule has 0 aliphatic heterocycles. The van der Waals surface area contributed by atoms with Crippen LogP contribution in [0.1, 0.15) is 32.4 Å². The lowest BCUT2D eigenvalue weighted by atomic mass is 10.1. The van der Waals surface area contributed by atoms with Crippen molar-refractivity contribution in [3.05, 3.63) is 18.0 Å². The summed E-state index contributed by atoms with van der Waals surface area (Å²) >= 11 is 0. The molecular formula is C11H19N3O2. The predicted molar refractivity (Wildman–Crippen MR) is 61.0 cm³/mol. The van der Waals surface area contributed by atoms with Crippen molar-refractivity contribution in [1.29, 1.82) is 0 Å². The standard InChI is InChI=1S/C11H19N3O2/c1-4-12-10(11(15)16-6-3)9-7-13-14(5-2)8-9/h7-8,10,12H,4-6H2,1-3H3. The van der Waals surface area contributed by atoms with Crippen molar-refractivity contribution in [3.63, 3.8) is 0 Å². The Morgan fingerprint density at radius 3 is 2.81 bits per heavy atom. The predicted octanol–water partition coefficient (Wildman–Crippen LogP) is 1.12. The molecule has 1 heterocycles. The molecule has 5 heteroatoms. The van der Waals surface area contributed by atoms with Gasteiger partial charge in [-0.2, -0.15) is 5.10 Å². The van der Waals surface area contributed by atoms with E-state index < -0.39 is 6.04 Å². The van der Waals surface area contributed by atoms with Gasteiger partial charge in [-0.25, -0.2) is 4.79 Å². The van der Waals surface area contributed by atoms with Gasteiger partial charge in [0.1, 0.15) is 6.04 Å². The van der Waals surface area contributed by atoms with Crippen LogP contribution in [0.4, 0.5) is 0 Å². The molecule has 0 radical (unpaired) electrons. The Labute approximate surface area is 95.8 Å². The molecule has 0 amide bonds. The van der Waals surface area contributed by atoms with Crippen LogP contribution in [-0.4, -0.2) is 28.9 Å². The Bertz CT molecular complexity index is 336. The third kappa shape index (κ3) is 3.06. The van der Waals surface area contributed by atoms with Gasteiger partial charge < -0.3 is 10.1 Å². The monoisotopic (exact) mass is 225 g/mol. The first-order valence-corrected chi connectivity index (χ1v) is 5.65. The second-order valence-corrected chi connectivity index (χ2v) is 3.37. The van der Waals surface area contributed by atoms with Crippen molar-refractivity contribution in [2.24, 2.45) is 0 Å². The molecule has 0 aromatic carbocycles. The number of aryl methyl sites for hydroxylation is 1. The highest BCUT2D eigenvalue weighted by atomic mass is 16.5. The fraction of sp³-hybridized carbons (Fsp3) is 0.636. The van der Waals surface area contributed by atoms with E-state index in [0.717, 1.165) is 12.1 Å². The second kappa shape index (κ2) is 6.27. The van der Waals surface area contributed by atoms with Gasteiger partial charge in [-0.15, -0.1) is 0 Å². The van der Waals surface area contributed by atoms with Crippen molar-refractivity contribution in [2.75, 3.05) is 13.2 Å². The largest absolute Gasteiger partial charge is 0.465 e. The van der Waals surface area contributed by atoms with Crippen LogP contribution in [-0.2, 0) is 16.1 Å². The highest BCUT2D eigenvalue weighted by molar-refractivity contribution is 5.77. The van der Waals surface area contributed by atoms with E-state index >= 15 is 0 Å². The van der Waals surface area contributed by atoms with Crippen LogP contribution in [0, 0.1) is 0 Å². The maximum absolute atomic E-state index is 11.7. The molecule has 0 bridgehead atoms. The van der Waals surface area contributed by atoms with Gasteiger partial charge in [0.2, 0.25) is 0 Å². The Balaban J connectivity index is 2.79. The Kier molecular flexibility index (Phi) is 4.98. The zero-order valence-electron chi connectivity index (χ0n) is 10.1. The third-order valence-corrected chi connectivity index (χ3v) is 2.24. The number of carbonyl (C=O) groups is 1. The first kappa shape index (κ1) is 12.7. The molecule has 0 spiro atoms. The van der Waals surface area contributed by atoms with Gasteiger partial charge in [-0.1, -0.05) is 6.92 Å². The summed E-state index contributed by atoms with van der Waals surface area (Å²) < 4.78 is 6.81. The molecule has 16 heavy (non-hydrogen) atoms. The van der Waals surface area contributed by atoms with Gasteiger partial charge in [0.15, 0.2) is 0 Å². The second-order valence-electron chi connectivity index (χ2n) is 3.37. The molecule has 1 unspecified atom stereocenters. The highest BCUT2D eigenvalue weighted by Crippen LogP contribution is 2.13. The number of nitrogens with zero attached hydrogens (tertiary/aromatic N) is 2. The smallest absolute Gasteiger partial charge is 0.327 e. The van der Waals surface area contributed by atoms with E-state index in [0.29, 0.717) is 13.2 Å². The molecule has 1 rings (SSSR count). The number of hydrogen-bond acceptors (Lipinski definition) is 4. The van der Waals surface area contributed by atoms with Gasteiger partial charge in [0.25, 0.3) is 0 Å². The van der Waals surface area contributed by atoms with E-state index in [1.165, 1.54) is 0 Å². The zero-order chi connectivity index (χ0) is 12.0. The van der Waals surface area contributed by atoms with Crippen molar-refractivity contribution in [3.8, 4) is 0 Å². The number of carbonyl (C=O) groups excluding carboxylic acids is 1. The number of hydrogen-bond donors (Lipinski definition) is 1. The summed E-state index contributed by atoms with van der Waals surface area (Å²) in [5, 5.41) is 7.24. The quantitative estimate of drug-likeness (QED) is 0.737. The summed E-state index contributed by atoms with van der Waals surface area (Å²) in [7, 11) is 0. The number of rotatable bonds is 6. The molecule has 0 aliphatic rings. The van der Waals surface area contributed by atoms with E-state index in [1.807, 2.05) is 20.0 Å². The number of likely N-dealkylation sites (N-methyl/N-ethyl adjacent to an activating group) is 1. The van der Waals surface area contributed by atoms with E-state index in [9.17, 15) is 4.79 Å². The number of ether oxygens (including phenoxy) is 1. The van der Waals surface area contributed by atoms with E-state index in [-0.39, 0.29) is 5.97 Å². The summed E-state index contributed by atoms with van der Waals surface area (Å²) in [5.41, 5.74) is 0.849. The number of aromatic nitrogens is 2. The molecule has 1 aromatic heterocycles. The highest BCUT2D eigenvalue weighted by Gasteiger charge is 2.22. The first-order chi connectivity index (χ1) is 7.72. The molecule has 0 fully saturated rings. The van der Waals surface area contributed by atoms with Crippen LogP contribution in [0.25, 0.3) is 0 Å². The minimum Gasteiger partial charge on any atom is -0.465 e. The van der Waals surface area contributed by atoms with Crippen molar-refractivity contribution < 1.29 is 9.53 Å². The fourth-order valence-electron chi connectivity index (χ4n) is 1.47. The lowest BCUT2D eigenvalue weighted by molar-refractivity contribution is -0.145. The van der Waals surface area contributed by atoms with Crippen molar-refractivity contribution >= 4 is 5.97 Å². The minimum atomic E-state index is -0.412. The maximum Gasteiger partial charge on any atom is 0.327 e. The summed E-state index contributed by atoms with van der Waals surface area (Å²) in [6.07, 6.45) is 3.57. The van der Waals surface area contributed by atoms with Gasteiger partial charge in [-0.05, 0) is 20.4 Å². The number of esters is 1. The topological polar surface area (TPSA) is 56.1 Å². The summed E-state index contributed by atoms with van der Waals surface area (Å²) in [6, 6.07) is -0.412. The normalized spacial score (nSPS) is 12.4. The van der Waals surface area contributed by atoms with Gasteiger partial charge in [-0.3, -0.25) is 4.68 Å². The summed E-state index contributed by atoms with van der Waals surface area (Å²) in [5.74, 6) is -0.250. The molecule has 1 N–H and O–H groups in total. The molecule has 90 valence electrons. The molecular weight excluding hydrogens is 206 g/mol. The molecule has 0 saturated carbocycles. The summed E-state index contributed by atoms with van der Waals surface area (Å²) in [4.78, 5) is 11.7. The lowest BCUT2D eigenvalue weighted by Gasteiger charge is -2.14. The molecule has 0 saturated heterocycles. The lowest BCUT2D eigenvalue weighted by Crippen LogP contribution is -2.29. The first-order valence-electron chi connectivity index (χ1n) is 5.65. The molecule has 1 atom stereocenters. The zero-order valence-corrected chi connectivity index (χ0v) is 10.1. The number of nitrogens with one attached hydrogen (secondary N) is 1. The van der Waals surface area contributed by atoms with E-state index in [1.54, 1.807) is 17.8 Å². The maximum atomic E-state index is 11.7. The Morgan fingerprint density at radius 1 is 1.56 bits per heavy atom. The van der Waals surface area contributed by atoms with Gasteiger partial charge >= 0.3 is 5.97 Å². The van der Waals surface area contributed by atoms with Crippen molar-refractivity contribution in [2.45, 2.75) is 33.4 Å². The third-order valence-electron chi connectivity index (χ3n) is 2.24.